The Bertz CT molecular complexity index is 1100. The molecule has 0 saturated heterocycles. The molecule has 8 nitrogen and oxygen atoms in total. The van der Waals surface area contributed by atoms with Crippen molar-refractivity contribution in [2.45, 2.75) is 20.0 Å². The van der Waals surface area contributed by atoms with Crippen molar-refractivity contribution in [3.63, 3.8) is 0 Å². The number of rotatable bonds is 7. The number of amides is 1. The summed E-state index contributed by atoms with van der Waals surface area (Å²) >= 11 is 1.47. The fraction of sp³-hybridized carbons (Fsp3) is 0.417. The van der Waals surface area contributed by atoms with E-state index in [1.807, 2.05) is 36.4 Å². The summed E-state index contributed by atoms with van der Waals surface area (Å²) in [6, 6.07) is 11.2. The molecule has 0 fully saturated rings. The number of hydrogen-bond donors (Lipinski definition) is 0. The maximum Gasteiger partial charge on any atom is 0.273 e. The number of anilines is 1. The number of hydrogen-bond acceptors (Lipinski definition) is 8. The maximum atomic E-state index is 13.7. The number of carbonyl (C=O) groups excluding carboxylic acids is 1. The highest BCUT2D eigenvalue weighted by Gasteiger charge is 2.33. The molecule has 2 aliphatic heterocycles. The third kappa shape index (κ3) is 4.43. The molecule has 174 valence electrons. The first-order valence-corrected chi connectivity index (χ1v) is 12.1. The average Bonchev–Trinajstić information content (AvgIpc) is 3.27. The highest BCUT2D eigenvalue weighted by Crippen LogP contribution is 2.39. The van der Waals surface area contributed by atoms with Crippen LogP contribution in [0.3, 0.4) is 0 Å². The molecule has 0 radical (unpaired) electrons. The minimum atomic E-state index is -0.733. The first kappa shape index (κ1) is 21.8. The van der Waals surface area contributed by atoms with Gasteiger partial charge >= 0.3 is 0 Å². The number of para-hydroxylation sites is 2. The van der Waals surface area contributed by atoms with Gasteiger partial charge in [0.05, 0.1) is 10.2 Å². The zero-order chi connectivity index (χ0) is 22.8. The summed E-state index contributed by atoms with van der Waals surface area (Å²) in [7, 11) is 0. The lowest BCUT2D eigenvalue weighted by Gasteiger charge is -2.30. The molecule has 0 bridgehead atoms. The Labute approximate surface area is 196 Å². The normalized spacial score (nSPS) is 16.8. The summed E-state index contributed by atoms with van der Waals surface area (Å²) in [4.78, 5) is 22.4. The van der Waals surface area contributed by atoms with Crippen LogP contribution in [0, 0.1) is 0 Å². The average molecular weight is 470 g/mol. The van der Waals surface area contributed by atoms with E-state index in [-0.39, 0.29) is 12.5 Å². The Morgan fingerprint density at radius 3 is 2.48 bits per heavy atom. The first-order valence-electron chi connectivity index (χ1n) is 11.3. The summed E-state index contributed by atoms with van der Waals surface area (Å²) in [6.45, 7) is 8.52. The van der Waals surface area contributed by atoms with Gasteiger partial charge in [-0.1, -0.05) is 37.3 Å². The number of aromatic nitrogens is 1. The highest BCUT2D eigenvalue weighted by atomic mass is 32.1. The lowest BCUT2D eigenvalue weighted by atomic mass is 10.2. The molecule has 33 heavy (non-hydrogen) atoms. The molecule has 1 aromatic heterocycles. The van der Waals surface area contributed by atoms with Crippen LogP contribution in [0.15, 0.2) is 36.4 Å². The number of nitrogens with zero attached hydrogens (tertiary/aromatic N) is 3. The van der Waals surface area contributed by atoms with Gasteiger partial charge in [0.15, 0.2) is 28.1 Å². The predicted molar refractivity (Wildman–Crippen MR) is 127 cm³/mol. The SMILES string of the molecule is CCN(CC)CCN(C(=O)[C@H]1COc2ccccc2O1)c1nc2cc3c(cc2s1)OCCO3. The van der Waals surface area contributed by atoms with Crippen molar-refractivity contribution in [3.8, 4) is 23.0 Å². The van der Waals surface area contributed by atoms with Crippen molar-refractivity contribution in [1.29, 1.82) is 0 Å². The Hall–Kier alpha value is -3.04. The van der Waals surface area contributed by atoms with Gasteiger partial charge in [-0.15, -0.1) is 0 Å². The van der Waals surface area contributed by atoms with E-state index in [9.17, 15) is 4.79 Å². The second-order valence-electron chi connectivity index (χ2n) is 7.84. The lowest BCUT2D eigenvalue weighted by molar-refractivity contribution is -0.127. The van der Waals surface area contributed by atoms with E-state index < -0.39 is 6.10 Å². The van der Waals surface area contributed by atoms with E-state index in [1.54, 1.807) is 4.90 Å². The van der Waals surface area contributed by atoms with Gasteiger partial charge in [-0.3, -0.25) is 9.69 Å². The van der Waals surface area contributed by atoms with Crippen LogP contribution in [-0.2, 0) is 4.79 Å². The van der Waals surface area contributed by atoms with Gasteiger partial charge in [-0.25, -0.2) is 4.98 Å². The number of benzene rings is 2. The van der Waals surface area contributed by atoms with Gasteiger partial charge < -0.3 is 23.8 Å². The Balaban J connectivity index is 1.44. The summed E-state index contributed by atoms with van der Waals surface area (Å²) in [5.74, 6) is 2.48. The molecular weight excluding hydrogens is 442 g/mol. The van der Waals surface area contributed by atoms with Gasteiger partial charge in [0.25, 0.3) is 5.91 Å². The second-order valence-corrected chi connectivity index (χ2v) is 8.85. The largest absolute Gasteiger partial charge is 0.486 e. The molecule has 3 heterocycles. The molecule has 0 unspecified atom stereocenters. The van der Waals surface area contributed by atoms with E-state index in [2.05, 4.69) is 18.7 Å². The van der Waals surface area contributed by atoms with Gasteiger partial charge in [0, 0.05) is 25.2 Å². The van der Waals surface area contributed by atoms with Crippen molar-refractivity contribution < 1.29 is 23.7 Å². The van der Waals surface area contributed by atoms with Crippen molar-refractivity contribution in [1.82, 2.24) is 9.88 Å². The second kappa shape index (κ2) is 9.44. The van der Waals surface area contributed by atoms with Gasteiger partial charge in [0.1, 0.15) is 19.8 Å². The van der Waals surface area contributed by atoms with Crippen LogP contribution in [0.1, 0.15) is 13.8 Å². The van der Waals surface area contributed by atoms with Crippen molar-refractivity contribution in [2.75, 3.05) is 50.9 Å². The molecule has 0 aliphatic carbocycles. The summed E-state index contributed by atoms with van der Waals surface area (Å²) in [5, 5.41) is 0.631. The van der Waals surface area contributed by atoms with Crippen LogP contribution >= 0.6 is 11.3 Å². The van der Waals surface area contributed by atoms with E-state index in [1.165, 1.54) is 11.3 Å². The van der Waals surface area contributed by atoms with Crippen LogP contribution in [0.25, 0.3) is 10.2 Å². The fourth-order valence-corrected chi connectivity index (χ4v) is 4.97. The molecule has 1 amide bonds. The molecule has 0 N–H and O–H groups in total. The fourth-order valence-electron chi connectivity index (χ4n) is 3.96. The molecule has 1 atom stereocenters. The smallest absolute Gasteiger partial charge is 0.273 e. The number of ether oxygens (including phenoxy) is 4. The van der Waals surface area contributed by atoms with E-state index >= 15 is 0 Å². The predicted octanol–water partition coefficient (Wildman–Crippen LogP) is 3.58. The van der Waals surface area contributed by atoms with Crippen LogP contribution in [0.4, 0.5) is 5.13 Å². The molecule has 5 rings (SSSR count). The summed E-state index contributed by atoms with van der Waals surface area (Å²) in [5.41, 5.74) is 0.783. The highest BCUT2D eigenvalue weighted by molar-refractivity contribution is 7.22. The van der Waals surface area contributed by atoms with Gasteiger partial charge in [-0.05, 0) is 25.2 Å². The number of thiazole rings is 1. The third-order valence-electron chi connectivity index (χ3n) is 5.86. The van der Waals surface area contributed by atoms with Crippen molar-refractivity contribution in [2.24, 2.45) is 0 Å². The standard InChI is InChI=1S/C24H27N3O5S/c1-3-26(4-2)9-10-27(23(28)21-15-31-17-7-5-6-8-18(17)32-21)24-25-16-13-19-20(14-22(16)33-24)30-12-11-29-19/h5-8,13-14,21H,3-4,9-12,15H2,1-2H3/t21-/m1/s1. The summed E-state index contributed by atoms with van der Waals surface area (Å²) in [6.07, 6.45) is -0.733. The molecule has 2 aromatic carbocycles. The van der Waals surface area contributed by atoms with Gasteiger partial charge in [0.2, 0.25) is 6.10 Å². The number of likely N-dealkylation sites (N-methyl/N-ethyl adjacent to an activating group) is 1. The quantitative estimate of drug-likeness (QED) is 0.524. The van der Waals surface area contributed by atoms with Crippen LogP contribution < -0.4 is 23.8 Å². The molecule has 9 heteroatoms. The third-order valence-corrected chi connectivity index (χ3v) is 6.90. The molecule has 3 aromatic rings. The molecule has 0 spiro atoms. The number of fused-ring (bicyclic) bond motifs is 3. The monoisotopic (exact) mass is 469 g/mol. The van der Waals surface area contributed by atoms with Crippen LogP contribution in [0.5, 0.6) is 23.0 Å². The first-order chi connectivity index (χ1) is 16.2. The van der Waals surface area contributed by atoms with E-state index in [0.717, 1.165) is 29.9 Å². The zero-order valence-electron chi connectivity index (χ0n) is 18.8. The minimum absolute atomic E-state index is 0.159. The van der Waals surface area contributed by atoms with E-state index in [0.29, 0.717) is 47.9 Å². The molecule has 0 saturated carbocycles. The van der Waals surface area contributed by atoms with Crippen LogP contribution in [0.2, 0.25) is 0 Å². The Kier molecular flexibility index (Phi) is 6.24. The molecular formula is C24H27N3O5S. The topological polar surface area (TPSA) is 73.4 Å². The van der Waals surface area contributed by atoms with Gasteiger partial charge in [-0.2, -0.15) is 0 Å². The zero-order valence-corrected chi connectivity index (χ0v) is 19.6. The maximum absolute atomic E-state index is 13.7. The Morgan fingerprint density at radius 1 is 1.00 bits per heavy atom. The summed E-state index contributed by atoms with van der Waals surface area (Å²) < 4.78 is 24.2. The van der Waals surface area contributed by atoms with Crippen molar-refractivity contribution in [3.05, 3.63) is 36.4 Å². The van der Waals surface area contributed by atoms with E-state index in [4.69, 9.17) is 23.9 Å². The lowest BCUT2D eigenvalue weighted by Crippen LogP contribution is -2.48. The Morgan fingerprint density at radius 2 is 1.73 bits per heavy atom. The van der Waals surface area contributed by atoms with Crippen molar-refractivity contribution >= 4 is 32.6 Å². The number of carbonyl (C=O) groups is 1. The minimum Gasteiger partial charge on any atom is -0.486 e. The molecule has 2 aliphatic rings. The van der Waals surface area contributed by atoms with Crippen LogP contribution in [-0.4, -0.2) is 67.9 Å².